The molecule has 1 aromatic carbocycles. The summed E-state index contributed by atoms with van der Waals surface area (Å²) >= 11 is 0. The fourth-order valence-electron chi connectivity index (χ4n) is 4.82. The van der Waals surface area contributed by atoms with Crippen molar-refractivity contribution in [3.63, 3.8) is 0 Å². The van der Waals surface area contributed by atoms with Crippen molar-refractivity contribution in [2.45, 2.75) is 32.7 Å². The molecule has 0 unspecified atom stereocenters. The number of hydrogen-bond donors (Lipinski definition) is 0. The van der Waals surface area contributed by atoms with Gasteiger partial charge in [-0.3, -0.25) is 9.59 Å². The second-order valence-electron chi connectivity index (χ2n) is 8.89. The number of aryl methyl sites for hydroxylation is 2. The minimum atomic E-state index is -0.0418. The van der Waals surface area contributed by atoms with Crippen molar-refractivity contribution in [1.82, 2.24) is 24.3 Å². The summed E-state index contributed by atoms with van der Waals surface area (Å²) in [6, 6.07) is 10.3. The van der Waals surface area contributed by atoms with E-state index in [1.54, 1.807) is 11.1 Å². The molecule has 8 heteroatoms. The molecule has 5 rings (SSSR count). The standard InChI is InChI=1S/C25H29N5O3/c1-17-13-19-5-3-4-6-22(19)30(17)16-23(31)29-8-7-20(15-29)24-26-14-21(18(2)27-24)25(32)28-9-11-33-12-10-28/h3-6,13-14,20H,7-12,15-16H2,1-2H3/t20-/m0/s1. The number of benzene rings is 1. The molecule has 0 radical (unpaired) electrons. The average molecular weight is 448 g/mol. The molecule has 0 spiro atoms. The van der Waals surface area contributed by atoms with E-state index in [0.717, 1.165) is 23.0 Å². The van der Waals surface area contributed by atoms with Crippen LogP contribution in [0.5, 0.6) is 0 Å². The number of carbonyl (C=O) groups is 2. The largest absolute Gasteiger partial charge is 0.378 e. The Hall–Kier alpha value is -3.26. The van der Waals surface area contributed by atoms with Gasteiger partial charge < -0.3 is 19.1 Å². The lowest BCUT2D eigenvalue weighted by atomic mass is 10.1. The van der Waals surface area contributed by atoms with Crippen LogP contribution >= 0.6 is 0 Å². The number of hydrogen-bond acceptors (Lipinski definition) is 5. The monoisotopic (exact) mass is 447 g/mol. The first-order valence-corrected chi connectivity index (χ1v) is 11.5. The topological polar surface area (TPSA) is 80.6 Å². The van der Waals surface area contributed by atoms with Crippen molar-refractivity contribution < 1.29 is 14.3 Å². The molecule has 172 valence electrons. The van der Waals surface area contributed by atoms with Crippen LogP contribution in [0, 0.1) is 13.8 Å². The first kappa shape index (κ1) is 21.6. The van der Waals surface area contributed by atoms with Crippen LogP contribution in [0.3, 0.4) is 0 Å². The van der Waals surface area contributed by atoms with Gasteiger partial charge in [-0.15, -0.1) is 0 Å². The van der Waals surface area contributed by atoms with Gasteiger partial charge in [0.25, 0.3) is 5.91 Å². The van der Waals surface area contributed by atoms with E-state index in [9.17, 15) is 9.59 Å². The van der Waals surface area contributed by atoms with E-state index in [2.05, 4.69) is 32.7 Å². The Morgan fingerprint density at radius 2 is 1.88 bits per heavy atom. The Morgan fingerprint density at radius 1 is 1.09 bits per heavy atom. The molecule has 1 atom stereocenters. The van der Waals surface area contributed by atoms with Crippen LogP contribution in [0.1, 0.15) is 39.9 Å². The van der Waals surface area contributed by atoms with Gasteiger partial charge in [0, 0.05) is 49.5 Å². The van der Waals surface area contributed by atoms with Crippen molar-refractivity contribution in [2.24, 2.45) is 0 Å². The number of amides is 2. The van der Waals surface area contributed by atoms with E-state index < -0.39 is 0 Å². The van der Waals surface area contributed by atoms with Crippen LogP contribution in [0.2, 0.25) is 0 Å². The van der Waals surface area contributed by atoms with Crippen molar-refractivity contribution in [3.05, 3.63) is 59.3 Å². The molecular formula is C25H29N5O3. The van der Waals surface area contributed by atoms with Crippen molar-refractivity contribution in [1.29, 1.82) is 0 Å². The maximum atomic E-state index is 13.1. The van der Waals surface area contributed by atoms with Crippen LogP contribution in [0.25, 0.3) is 10.9 Å². The van der Waals surface area contributed by atoms with E-state index >= 15 is 0 Å². The molecular weight excluding hydrogens is 418 g/mol. The molecule has 0 saturated carbocycles. The molecule has 2 amide bonds. The number of nitrogens with zero attached hydrogens (tertiary/aromatic N) is 5. The van der Waals surface area contributed by atoms with Crippen molar-refractivity contribution in [2.75, 3.05) is 39.4 Å². The van der Waals surface area contributed by atoms with Gasteiger partial charge in [0.05, 0.1) is 24.5 Å². The fraction of sp³-hybridized carbons (Fsp3) is 0.440. The van der Waals surface area contributed by atoms with Crippen LogP contribution in [-0.2, 0) is 16.1 Å². The van der Waals surface area contributed by atoms with E-state index in [-0.39, 0.29) is 17.7 Å². The van der Waals surface area contributed by atoms with Crippen molar-refractivity contribution >= 4 is 22.7 Å². The van der Waals surface area contributed by atoms with Crippen molar-refractivity contribution in [3.8, 4) is 0 Å². The Balaban J connectivity index is 1.26. The van der Waals surface area contributed by atoms with E-state index in [1.165, 1.54) is 0 Å². The van der Waals surface area contributed by atoms with Gasteiger partial charge >= 0.3 is 0 Å². The number of aromatic nitrogens is 3. The van der Waals surface area contributed by atoms with Gasteiger partial charge in [0.2, 0.25) is 5.91 Å². The number of morpholine rings is 1. The lowest BCUT2D eigenvalue weighted by Gasteiger charge is -2.27. The van der Waals surface area contributed by atoms with Gasteiger partial charge in [-0.25, -0.2) is 9.97 Å². The summed E-state index contributed by atoms with van der Waals surface area (Å²) in [5.74, 6) is 0.865. The number of likely N-dealkylation sites (tertiary alicyclic amines) is 1. The van der Waals surface area contributed by atoms with Crippen LogP contribution in [-0.4, -0.2) is 75.5 Å². The second kappa shape index (κ2) is 8.94. The van der Waals surface area contributed by atoms with E-state index in [4.69, 9.17) is 4.74 Å². The predicted molar refractivity (Wildman–Crippen MR) is 124 cm³/mol. The Bertz CT molecular complexity index is 1200. The first-order valence-electron chi connectivity index (χ1n) is 11.5. The summed E-state index contributed by atoms with van der Waals surface area (Å²) < 4.78 is 7.41. The molecule has 33 heavy (non-hydrogen) atoms. The third-order valence-electron chi connectivity index (χ3n) is 6.74. The highest BCUT2D eigenvalue weighted by atomic mass is 16.5. The van der Waals surface area contributed by atoms with Gasteiger partial charge in [0.1, 0.15) is 12.4 Å². The molecule has 0 N–H and O–H groups in total. The molecule has 2 aromatic heterocycles. The smallest absolute Gasteiger partial charge is 0.257 e. The fourth-order valence-corrected chi connectivity index (χ4v) is 4.82. The number of para-hydroxylation sites is 1. The molecule has 2 saturated heterocycles. The minimum Gasteiger partial charge on any atom is -0.378 e. The summed E-state index contributed by atoms with van der Waals surface area (Å²) in [5, 5.41) is 1.15. The highest BCUT2D eigenvalue weighted by Gasteiger charge is 2.30. The Kier molecular flexibility index (Phi) is 5.85. The molecule has 0 bridgehead atoms. The molecule has 0 aliphatic carbocycles. The number of carbonyl (C=O) groups excluding carboxylic acids is 2. The zero-order valence-corrected chi connectivity index (χ0v) is 19.2. The lowest BCUT2D eigenvalue weighted by molar-refractivity contribution is -0.130. The number of fused-ring (bicyclic) bond motifs is 1. The van der Waals surface area contributed by atoms with Gasteiger partial charge in [-0.1, -0.05) is 18.2 Å². The molecule has 2 aliphatic rings. The molecule has 8 nitrogen and oxygen atoms in total. The predicted octanol–water partition coefficient (Wildman–Crippen LogP) is 2.54. The van der Waals surface area contributed by atoms with E-state index in [0.29, 0.717) is 63.0 Å². The second-order valence-corrected chi connectivity index (χ2v) is 8.89. The zero-order chi connectivity index (χ0) is 22.9. The summed E-state index contributed by atoms with van der Waals surface area (Å²) in [6.07, 6.45) is 2.47. The summed E-state index contributed by atoms with van der Waals surface area (Å²) in [4.78, 5) is 38.8. The zero-order valence-electron chi connectivity index (χ0n) is 19.2. The SMILES string of the molecule is Cc1nc([C@H]2CCN(C(=O)Cn3c(C)cc4ccccc43)C2)ncc1C(=O)N1CCOCC1. The summed E-state index contributed by atoms with van der Waals surface area (Å²) in [6.45, 7) is 7.84. The number of rotatable bonds is 4. The third-order valence-corrected chi connectivity index (χ3v) is 6.74. The van der Waals surface area contributed by atoms with Crippen LogP contribution in [0.15, 0.2) is 36.5 Å². The number of ether oxygens (including phenoxy) is 1. The lowest BCUT2D eigenvalue weighted by Crippen LogP contribution is -2.41. The molecule has 3 aromatic rings. The van der Waals surface area contributed by atoms with Crippen LogP contribution in [0.4, 0.5) is 0 Å². The molecule has 2 fully saturated rings. The van der Waals surface area contributed by atoms with Gasteiger partial charge in [-0.2, -0.15) is 0 Å². The highest BCUT2D eigenvalue weighted by molar-refractivity contribution is 5.95. The first-order chi connectivity index (χ1) is 16.0. The van der Waals surface area contributed by atoms with E-state index in [1.807, 2.05) is 30.9 Å². The molecule has 4 heterocycles. The Morgan fingerprint density at radius 3 is 2.67 bits per heavy atom. The van der Waals surface area contributed by atoms with Gasteiger partial charge in [-0.05, 0) is 37.8 Å². The quantitative estimate of drug-likeness (QED) is 0.614. The minimum absolute atomic E-state index is 0.0418. The van der Waals surface area contributed by atoms with Gasteiger partial charge in [0.15, 0.2) is 0 Å². The maximum Gasteiger partial charge on any atom is 0.257 e. The third kappa shape index (κ3) is 4.23. The maximum absolute atomic E-state index is 13.1. The molecule has 2 aliphatic heterocycles. The summed E-state index contributed by atoms with van der Waals surface area (Å²) in [7, 11) is 0. The average Bonchev–Trinajstić information content (AvgIpc) is 3.44. The normalized spacial score (nSPS) is 18.8. The summed E-state index contributed by atoms with van der Waals surface area (Å²) in [5.41, 5.74) is 3.40. The van der Waals surface area contributed by atoms with Crippen LogP contribution < -0.4 is 0 Å². The Labute approximate surface area is 193 Å². The highest BCUT2D eigenvalue weighted by Crippen LogP contribution is 2.26.